The third kappa shape index (κ3) is 6.42. The molecular weight excluding hydrogens is 274 g/mol. The van der Waals surface area contributed by atoms with Gasteiger partial charge < -0.3 is 15.2 Å². The van der Waals surface area contributed by atoms with Gasteiger partial charge in [-0.15, -0.1) is 0 Å². The third-order valence-electron chi connectivity index (χ3n) is 2.31. The highest BCUT2D eigenvalue weighted by Gasteiger charge is 2.15. The summed E-state index contributed by atoms with van der Waals surface area (Å²) < 4.78 is 5.11. The smallest absolute Gasteiger partial charge is 0.410 e. The predicted molar refractivity (Wildman–Crippen MR) is 77.5 cm³/mol. The molecule has 0 heterocycles. The number of hydrogen-bond acceptors (Lipinski definition) is 4. The first kappa shape index (κ1) is 16.5. The normalized spacial score (nSPS) is 10.6. The molecule has 4 N–H and O–H groups in total. The molecule has 7 nitrogen and oxygen atoms in total. The van der Waals surface area contributed by atoms with E-state index in [1.807, 2.05) is 5.32 Å². The van der Waals surface area contributed by atoms with E-state index in [1.165, 1.54) is 0 Å². The molecule has 0 aliphatic rings. The first-order valence-corrected chi connectivity index (χ1v) is 6.32. The summed E-state index contributed by atoms with van der Waals surface area (Å²) in [5, 5.41) is 20.6. The molecule has 0 spiro atoms. The Bertz CT molecular complexity index is 532. The number of alkyl carbamates (subject to hydrolysis) is 1. The number of amides is 2. The lowest BCUT2D eigenvalue weighted by atomic mass is 10.1. The number of benzene rings is 1. The molecule has 0 aromatic heterocycles. The van der Waals surface area contributed by atoms with Crippen molar-refractivity contribution in [2.24, 2.45) is 0 Å². The monoisotopic (exact) mass is 293 g/mol. The largest absolute Gasteiger partial charge is 0.465 e. The number of ether oxygens (including phenoxy) is 1. The van der Waals surface area contributed by atoms with Gasteiger partial charge in [0, 0.05) is 12.1 Å². The number of amidine groups is 1. The summed E-state index contributed by atoms with van der Waals surface area (Å²) >= 11 is 0. The molecule has 0 unspecified atom stereocenters. The van der Waals surface area contributed by atoms with Crippen LogP contribution in [0.1, 0.15) is 31.9 Å². The van der Waals surface area contributed by atoms with Crippen LogP contribution in [-0.2, 0) is 11.3 Å². The maximum Gasteiger partial charge on any atom is 0.410 e. The fraction of sp³-hybridized carbons (Fsp3) is 0.357. The molecule has 0 saturated carbocycles. The van der Waals surface area contributed by atoms with Crippen molar-refractivity contribution in [3.05, 3.63) is 35.4 Å². The van der Waals surface area contributed by atoms with Crippen LogP contribution in [0.4, 0.5) is 9.59 Å². The van der Waals surface area contributed by atoms with Gasteiger partial charge in [-0.25, -0.2) is 9.59 Å². The zero-order chi connectivity index (χ0) is 16.0. The summed E-state index contributed by atoms with van der Waals surface area (Å²) in [7, 11) is 0. The minimum absolute atomic E-state index is 0.200. The lowest BCUT2D eigenvalue weighted by Gasteiger charge is -2.19. The third-order valence-corrected chi connectivity index (χ3v) is 2.31. The Kier molecular flexibility index (Phi) is 5.29. The van der Waals surface area contributed by atoms with E-state index < -0.39 is 17.8 Å². The summed E-state index contributed by atoms with van der Waals surface area (Å²) in [6.45, 7) is 5.63. The molecule has 21 heavy (non-hydrogen) atoms. The average Bonchev–Trinajstić information content (AvgIpc) is 2.34. The summed E-state index contributed by atoms with van der Waals surface area (Å²) in [6, 6.07) is 6.60. The first-order valence-electron chi connectivity index (χ1n) is 6.32. The van der Waals surface area contributed by atoms with Crippen molar-refractivity contribution in [3.63, 3.8) is 0 Å². The van der Waals surface area contributed by atoms with Crippen LogP contribution >= 0.6 is 0 Å². The van der Waals surface area contributed by atoms with Crippen LogP contribution in [0, 0.1) is 5.41 Å². The maximum atomic E-state index is 11.5. The topological polar surface area (TPSA) is 112 Å². The van der Waals surface area contributed by atoms with Gasteiger partial charge in [-0.3, -0.25) is 10.7 Å². The van der Waals surface area contributed by atoms with Gasteiger partial charge in [0.1, 0.15) is 11.4 Å². The molecule has 1 rings (SSSR count). The van der Waals surface area contributed by atoms with E-state index in [2.05, 4.69) is 5.32 Å². The summed E-state index contributed by atoms with van der Waals surface area (Å²) in [6.07, 6.45) is -1.79. The number of carbonyl (C=O) groups is 2. The van der Waals surface area contributed by atoms with Crippen molar-refractivity contribution in [1.29, 1.82) is 5.41 Å². The fourth-order valence-electron chi connectivity index (χ4n) is 1.46. The first-order chi connectivity index (χ1) is 9.67. The molecule has 2 amide bonds. The molecule has 1 aromatic carbocycles. The predicted octanol–water partition coefficient (Wildman–Crippen LogP) is 2.30. The lowest BCUT2D eigenvalue weighted by Crippen LogP contribution is -2.32. The Morgan fingerprint density at radius 3 is 2.29 bits per heavy atom. The van der Waals surface area contributed by atoms with Crippen molar-refractivity contribution in [1.82, 2.24) is 10.6 Å². The Morgan fingerprint density at radius 1 is 1.24 bits per heavy atom. The van der Waals surface area contributed by atoms with Crippen LogP contribution in [0.5, 0.6) is 0 Å². The van der Waals surface area contributed by atoms with E-state index >= 15 is 0 Å². The molecule has 0 bridgehead atoms. The standard InChI is InChI=1S/C14H19N3O4/c1-14(2,3)21-13(20)16-8-9-4-6-10(7-5-9)11(15)17-12(18)19/h4-7H,8H2,1-3H3,(H2,15,17)(H,16,20)(H,18,19). The molecule has 0 aliphatic carbocycles. The Morgan fingerprint density at radius 2 is 1.81 bits per heavy atom. The van der Waals surface area contributed by atoms with Gasteiger partial charge >= 0.3 is 12.2 Å². The number of rotatable bonds is 3. The van der Waals surface area contributed by atoms with Gasteiger partial charge in [-0.1, -0.05) is 24.3 Å². The average molecular weight is 293 g/mol. The SMILES string of the molecule is CC(C)(C)OC(=O)NCc1ccc(C(=N)NC(=O)O)cc1. The van der Waals surface area contributed by atoms with E-state index in [9.17, 15) is 9.59 Å². The molecule has 0 saturated heterocycles. The zero-order valence-corrected chi connectivity index (χ0v) is 12.2. The molecule has 0 aliphatic heterocycles. The van der Waals surface area contributed by atoms with Gasteiger partial charge in [0.05, 0.1) is 0 Å². The van der Waals surface area contributed by atoms with Crippen LogP contribution in [-0.4, -0.2) is 28.7 Å². The quantitative estimate of drug-likeness (QED) is 0.506. The van der Waals surface area contributed by atoms with Gasteiger partial charge in [0.2, 0.25) is 0 Å². The molecule has 114 valence electrons. The van der Waals surface area contributed by atoms with E-state index in [0.29, 0.717) is 5.56 Å². The van der Waals surface area contributed by atoms with E-state index in [0.717, 1.165) is 5.56 Å². The lowest BCUT2D eigenvalue weighted by molar-refractivity contribution is 0.0523. The van der Waals surface area contributed by atoms with E-state index in [-0.39, 0.29) is 12.4 Å². The highest BCUT2D eigenvalue weighted by Crippen LogP contribution is 2.08. The molecular formula is C14H19N3O4. The van der Waals surface area contributed by atoms with E-state index in [1.54, 1.807) is 45.0 Å². The fourth-order valence-corrected chi connectivity index (χ4v) is 1.46. The summed E-state index contributed by atoms with van der Waals surface area (Å²) in [5.41, 5.74) is 0.706. The van der Waals surface area contributed by atoms with Crippen LogP contribution in [0.3, 0.4) is 0 Å². The van der Waals surface area contributed by atoms with Crippen molar-refractivity contribution in [2.45, 2.75) is 32.9 Å². The summed E-state index contributed by atoms with van der Waals surface area (Å²) in [5.74, 6) is -0.200. The van der Waals surface area contributed by atoms with Gasteiger partial charge in [0.25, 0.3) is 0 Å². The van der Waals surface area contributed by atoms with Gasteiger partial charge in [0.15, 0.2) is 0 Å². The minimum Gasteiger partial charge on any atom is -0.465 e. The second kappa shape index (κ2) is 6.74. The molecule has 7 heteroatoms. The van der Waals surface area contributed by atoms with Gasteiger partial charge in [-0.05, 0) is 26.3 Å². The minimum atomic E-state index is -1.28. The van der Waals surface area contributed by atoms with Crippen LogP contribution in [0.15, 0.2) is 24.3 Å². The van der Waals surface area contributed by atoms with Gasteiger partial charge in [-0.2, -0.15) is 0 Å². The second-order valence-electron chi connectivity index (χ2n) is 5.36. The van der Waals surface area contributed by atoms with Crippen LogP contribution < -0.4 is 10.6 Å². The second-order valence-corrected chi connectivity index (χ2v) is 5.36. The number of carbonyl (C=O) groups excluding carboxylic acids is 1. The molecule has 0 fully saturated rings. The Labute approximate surface area is 122 Å². The Balaban J connectivity index is 2.53. The summed E-state index contributed by atoms with van der Waals surface area (Å²) in [4.78, 5) is 21.9. The van der Waals surface area contributed by atoms with E-state index in [4.69, 9.17) is 15.3 Å². The highest BCUT2D eigenvalue weighted by atomic mass is 16.6. The number of hydrogen-bond donors (Lipinski definition) is 4. The molecule has 0 atom stereocenters. The maximum absolute atomic E-state index is 11.5. The van der Waals surface area contributed by atoms with Crippen molar-refractivity contribution >= 4 is 18.0 Å². The Hall–Kier alpha value is -2.57. The van der Waals surface area contributed by atoms with Crippen molar-refractivity contribution in [3.8, 4) is 0 Å². The van der Waals surface area contributed by atoms with Crippen molar-refractivity contribution in [2.75, 3.05) is 0 Å². The highest BCUT2D eigenvalue weighted by molar-refractivity contribution is 6.04. The number of nitrogens with one attached hydrogen (secondary N) is 3. The van der Waals surface area contributed by atoms with Crippen LogP contribution in [0.2, 0.25) is 0 Å². The van der Waals surface area contributed by atoms with Crippen molar-refractivity contribution < 1.29 is 19.4 Å². The number of carboxylic acid groups (broad SMARTS) is 1. The molecule has 0 radical (unpaired) electrons. The zero-order valence-electron chi connectivity index (χ0n) is 12.2. The van der Waals surface area contributed by atoms with Crippen LogP contribution in [0.25, 0.3) is 0 Å². The molecule has 1 aromatic rings.